The summed E-state index contributed by atoms with van der Waals surface area (Å²) < 4.78 is 5.50. The number of ether oxygens (including phenoxy) is 1. The summed E-state index contributed by atoms with van der Waals surface area (Å²) in [6.45, 7) is 1.53. The lowest BCUT2D eigenvalue weighted by Gasteiger charge is -2.07. The van der Waals surface area contributed by atoms with Crippen molar-refractivity contribution in [2.45, 2.75) is 24.7 Å². The number of hydrogen-bond donors (Lipinski definition) is 2. The molecule has 0 fully saturated rings. The van der Waals surface area contributed by atoms with Crippen molar-refractivity contribution < 1.29 is 9.84 Å². The summed E-state index contributed by atoms with van der Waals surface area (Å²) in [4.78, 5) is 0. The Morgan fingerprint density at radius 2 is 2.00 bits per heavy atom. The van der Waals surface area contributed by atoms with Crippen LogP contribution in [0.15, 0.2) is 30.3 Å². The number of rotatable bonds is 7. The van der Waals surface area contributed by atoms with Gasteiger partial charge in [-0.05, 0) is 18.4 Å². The molecule has 3 heteroatoms. The molecule has 0 saturated heterocycles. The van der Waals surface area contributed by atoms with E-state index < -0.39 is 0 Å². The summed E-state index contributed by atoms with van der Waals surface area (Å²) in [7, 11) is 0. The van der Waals surface area contributed by atoms with E-state index >= 15 is 0 Å². The van der Waals surface area contributed by atoms with Crippen LogP contribution < -0.4 is 0 Å². The van der Waals surface area contributed by atoms with E-state index in [1.54, 1.807) is 0 Å². The van der Waals surface area contributed by atoms with Crippen LogP contribution in [0.4, 0.5) is 0 Å². The lowest BCUT2D eigenvalue weighted by atomic mass is 10.2. The second-order valence-electron chi connectivity index (χ2n) is 3.52. The molecule has 1 unspecified atom stereocenters. The van der Waals surface area contributed by atoms with Gasteiger partial charge in [0.05, 0.1) is 13.2 Å². The quantitative estimate of drug-likeness (QED) is 0.552. The van der Waals surface area contributed by atoms with Gasteiger partial charge in [-0.25, -0.2) is 0 Å². The average Bonchev–Trinajstić information content (AvgIpc) is 2.29. The Morgan fingerprint density at radius 3 is 2.67 bits per heavy atom. The number of thiol groups is 1. The van der Waals surface area contributed by atoms with Crippen molar-refractivity contribution in [3.05, 3.63) is 35.9 Å². The molecule has 15 heavy (non-hydrogen) atoms. The summed E-state index contributed by atoms with van der Waals surface area (Å²) in [6.07, 6.45) is 1.84. The van der Waals surface area contributed by atoms with Crippen LogP contribution in [-0.2, 0) is 11.3 Å². The second-order valence-corrected chi connectivity index (χ2v) is 4.25. The lowest BCUT2D eigenvalue weighted by molar-refractivity contribution is 0.116. The zero-order chi connectivity index (χ0) is 10.9. The first-order valence-corrected chi connectivity index (χ1v) is 5.75. The predicted molar refractivity (Wildman–Crippen MR) is 65.2 cm³/mol. The molecule has 0 radical (unpaired) electrons. The molecule has 0 amide bonds. The molecule has 1 aromatic rings. The van der Waals surface area contributed by atoms with Gasteiger partial charge in [-0.2, -0.15) is 12.6 Å². The van der Waals surface area contributed by atoms with Gasteiger partial charge in [-0.15, -0.1) is 0 Å². The Bertz CT molecular complexity index is 251. The number of benzene rings is 1. The molecular weight excluding hydrogens is 208 g/mol. The van der Waals surface area contributed by atoms with E-state index in [0.29, 0.717) is 6.61 Å². The fourth-order valence-corrected chi connectivity index (χ4v) is 1.46. The van der Waals surface area contributed by atoms with Gasteiger partial charge in [0.25, 0.3) is 0 Å². The highest BCUT2D eigenvalue weighted by atomic mass is 32.1. The topological polar surface area (TPSA) is 29.5 Å². The Labute approximate surface area is 96.7 Å². The molecule has 1 atom stereocenters. The van der Waals surface area contributed by atoms with Gasteiger partial charge in [-0.3, -0.25) is 0 Å². The van der Waals surface area contributed by atoms with Gasteiger partial charge >= 0.3 is 0 Å². The Morgan fingerprint density at radius 1 is 1.27 bits per heavy atom. The SMILES string of the molecule is OCC(S)CCCOCc1ccccc1. The minimum absolute atomic E-state index is 0.0883. The van der Waals surface area contributed by atoms with E-state index in [9.17, 15) is 0 Å². The van der Waals surface area contributed by atoms with Crippen LogP contribution in [0.3, 0.4) is 0 Å². The van der Waals surface area contributed by atoms with Crippen molar-refractivity contribution in [1.29, 1.82) is 0 Å². The first-order chi connectivity index (χ1) is 7.33. The molecule has 0 spiro atoms. The monoisotopic (exact) mass is 226 g/mol. The molecule has 0 bridgehead atoms. The zero-order valence-electron chi connectivity index (χ0n) is 8.80. The van der Waals surface area contributed by atoms with Crippen LogP contribution in [0.1, 0.15) is 18.4 Å². The van der Waals surface area contributed by atoms with Gasteiger partial charge in [0, 0.05) is 11.9 Å². The van der Waals surface area contributed by atoms with Crippen LogP contribution in [-0.4, -0.2) is 23.6 Å². The van der Waals surface area contributed by atoms with Crippen LogP contribution >= 0.6 is 12.6 Å². The van der Waals surface area contributed by atoms with E-state index in [-0.39, 0.29) is 11.9 Å². The Balaban J connectivity index is 2.03. The van der Waals surface area contributed by atoms with E-state index in [1.165, 1.54) is 5.56 Å². The smallest absolute Gasteiger partial charge is 0.0716 e. The molecule has 1 rings (SSSR count). The van der Waals surface area contributed by atoms with Crippen molar-refractivity contribution in [3.63, 3.8) is 0 Å². The molecule has 0 saturated carbocycles. The molecule has 0 aliphatic carbocycles. The summed E-state index contributed by atoms with van der Waals surface area (Å²) in [6, 6.07) is 10.1. The molecule has 84 valence electrons. The summed E-state index contributed by atoms with van der Waals surface area (Å²) >= 11 is 4.20. The van der Waals surface area contributed by atoms with Crippen molar-refractivity contribution in [1.82, 2.24) is 0 Å². The zero-order valence-corrected chi connectivity index (χ0v) is 9.70. The van der Waals surface area contributed by atoms with E-state index in [2.05, 4.69) is 24.8 Å². The predicted octanol–water partition coefficient (Wildman–Crippen LogP) is 2.27. The minimum atomic E-state index is 0.0883. The van der Waals surface area contributed by atoms with Crippen molar-refractivity contribution >= 4 is 12.6 Å². The lowest BCUT2D eigenvalue weighted by Crippen LogP contribution is -2.06. The highest BCUT2D eigenvalue weighted by Crippen LogP contribution is 2.05. The van der Waals surface area contributed by atoms with Gasteiger partial charge in [0.1, 0.15) is 0 Å². The Hall–Kier alpha value is -0.510. The van der Waals surface area contributed by atoms with E-state index in [4.69, 9.17) is 9.84 Å². The van der Waals surface area contributed by atoms with Crippen LogP contribution in [0.2, 0.25) is 0 Å². The van der Waals surface area contributed by atoms with Gasteiger partial charge in [0.15, 0.2) is 0 Å². The molecule has 0 aromatic heterocycles. The van der Waals surface area contributed by atoms with Crippen molar-refractivity contribution in [3.8, 4) is 0 Å². The fourth-order valence-electron chi connectivity index (χ4n) is 1.28. The molecule has 0 heterocycles. The second kappa shape index (κ2) is 7.74. The summed E-state index contributed by atoms with van der Waals surface area (Å²) in [5.74, 6) is 0. The summed E-state index contributed by atoms with van der Waals surface area (Å²) in [5, 5.41) is 8.84. The normalized spacial score (nSPS) is 12.7. The van der Waals surface area contributed by atoms with E-state index in [1.807, 2.05) is 18.2 Å². The summed E-state index contributed by atoms with van der Waals surface area (Å²) in [5.41, 5.74) is 1.20. The highest BCUT2D eigenvalue weighted by molar-refractivity contribution is 7.81. The Kier molecular flexibility index (Phi) is 6.48. The maximum absolute atomic E-state index is 8.75. The average molecular weight is 226 g/mol. The number of hydrogen-bond acceptors (Lipinski definition) is 3. The highest BCUT2D eigenvalue weighted by Gasteiger charge is 1.99. The minimum Gasteiger partial charge on any atom is -0.395 e. The number of aliphatic hydroxyl groups is 1. The van der Waals surface area contributed by atoms with Gasteiger partial charge < -0.3 is 9.84 Å². The van der Waals surface area contributed by atoms with Gasteiger partial charge in [-0.1, -0.05) is 30.3 Å². The third kappa shape index (κ3) is 5.82. The van der Waals surface area contributed by atoms with E-state index in [0.717, 1.165) is 19.4 Å². The third-order valence-electron chi connectivity index (χ3n) is 2.15. The molecule has 2 nitrogen and oxygen atoms in total. The molecule has 1 N–H and O–H groups in total. The third-order valence-corrected chi connectivity index (χ3v) is 2.57. The molecular formula is C12H18O2S. The maximum Gasteiger partial charge on any atom is 0.0716 e. The van der Waals surface area contributed by atoms with Crippen molar-refractivity contribution in [2.75, 3.05) is 13.2 Å². The first-order valence-electron chi connectivity index (χ1n) is 5.23. The standard InChI is InChI=1S/C12H18O2S/c13-9-12(15)7-4-8-14-10-11-5-2-1-3-6-11/h1-3,5-6,12-13,15H,4,7-10H2. The largest absolute Gasteiger partial charge is 0.395 e. The van der Waals surface area contributed by atoms with Gasteiger partial charge in [0.2, 0.25) is 0 Å². The van der Waals surface area contributed by atoms with Crippen molar-refractivity contribution in [2.24, 2.45) is 0 Å². The molecule has 1 aromatic carbocycles. The van der Waals surface area contributed by atoms with Crippen LogP contribution in [0, 0.1) is 0 Å². The molecule has 0 aliphatic rings. The van der Waals surface area contributed by atoms with Crippen LogP contribution in [0.25, 0.3) is 0 Å². The van der Waals surface area contributed by atoms with Crippen LogP contribution in [0.5, 0.6) is 0 Å². The maximum atomic E-state index is 8.75. The molecule has 0 aliphatic heterocycles. The fraction of sp³-hybridized carbons (Fsp3) is 0.500. The first kappa shape index (κ1) is 12.6. The number of aliphatic hydroxyl groups excluding tert-OH is 1.